The van der Waals surface area contributed by atoms with Gasteiger partial charge in [0.1, 0.15) is 17.3 Å². The van der Waals surface area contributed by atoms with Gasteiger partial charge in [-0.25, -0.2) is 18.2 Å². The molecule has 1 saturated carbocycles. The quantitative estimate of drug-likeness (QED) is 0.502. The number of hydrogen-bond donors (Lipinski definition) is 3. The molecule has 4 rings (SSSR count). The van der Waals surface area contributed by atoms with Crippen LogP contribution in [-0.4, -0.2) is 21.9 Å². The number of halogens is 3. The number of nitrogens with two attached hydrogens (primary N) is 2. The standard InChI is InChI=1S/C25H26F3N5O/c1-12-5-14(9-15(29)6-12)16-3-4-31-11-21(16)32-25(34)24-20(30)10-19(28)23(33-24)22-17(26)7-13(2)8-18(22)27/h3-4,7-8,10-12,14-15H,5-6,9,29-30H2,1-2H3,(H,32,34)/t12-,14+,15+/m0/s1. The van der Waals surface area contributed by atoms with E-state index in [0.29, 0.717) is 17.2 Å². The highest BCUT2D eigenvalue weighted by atomic mass is 19.1. The summed E-state index contributed by atoms with van der Waals surface area (Å²) in [6.07, 6.45) is 5.77. The van der Waals surface area contributed by atoms with Crippen LogP contribution in [0.5, 0.6) is 0 Å². The van der Waals surface area contributed by atoms with Crippen LogP contribution in [0.4, 0.5) is 24.5 Å². The van der Waals surface area contributed by atoms with E-state index in [9.17, 15) is 18.0 Å². The van der Waals surface area contributed by atoms with Gasteiger partial charge in [0.15, 0.2) is 11.5 Å². The Morgan fingerprint density at radius 3 is 2.47 bits per heavy atom. The number of amides is 1. The number of nitrogens with one attached hydrogen (secondary N) is 1. The SMILES string of the molecule is Cc1cc(F)c(-c2nc(C(=O)Nc3cnccc3[C@@H]3C[C@H](C)C[C@@H](N)C3)c(N)cc2F)c(F)c1. The fourth-order valence-electron chi connectivity index (χ4n) is 4.74. The highest BCUT2D eigenvalue weighted by Gasteiger charge is 2.28. The number of rotatable bonds is 4. The monoisotopic (exact) mass is 469 g/mol. The minimum atomic E-state index is -1.04. The second kappa shape index (κ2) is 9.42. The minimum Gasteiger partial charge on any atom is -0.397 e. The first-order valence-corrected chi connectivity index (χ1v) is 11.1. The number of aryl methyl sites for hydroxylation is 1. The van der Waals surface area contributed by atoms with Gasteiger partial charge in [-0.05, 0) is 67.3 Å². The summed E-state index contributed by atoms with van der Waals surface area (Å²) >= 11 is 0. The number of pyridine rings is 2. The van der Waals surface area contributed by atoms with E-state index in [2.05, 4.69) is 22.2 Å². The molecule has 0 saturated heterocycles. The van der Waals surface area contributed by atoms with Gasteiger partial charge in [0, 0.05) is 18.3 Å². The summed E-state index contributed by atoms with van der Waals surface area (Å²) in [6.45, 7) is 3.65. The van der Waals surface area contributed by atoms with Gasteiger partial charge in [0.05, 0.1) is 23.1 Å². The summed E-state index contributed by atoms with van der Waals surface area (Å²) in [6, 6.07) is 4.85. The van der Waals surface area contributed by atoms with Crippen molar-refractivity contribution in [3.05, 3.63) is 70.9 Å². The van der Waals surface area contributed by atoms with Gasteiger partial charge in [-0.3, -0.25) is 9.78 Å². The molecule has 6 nitrogen and oxygen atoms in total. The van der Waals surface area contributed by atoms with Gasteiger partial charge in [0.2, 0.25) is 0 Å². The molecule has 1 aliphatic rings. The maximum absolute atomic E-state index is 14.6. The second-order valence-electron chi connectivity index (χ2n) is 9.05. The lowest BCUT2D eigenvalue weighted by molar-refractivity contribution is 0.102. The third-order valence-corrected chi connectivity index (χ3v) is 6.17. The van der Waals surface area contributed by atoms with Gasteiger partial charge in [-0.15, -0.1) is 0 Å². The summed E-state index contributed by atoms with van der Waals surface area (Å²) in [5.74, 6) is -3.20. The number of aromatic nitrogens is 2. The number of benzene rings is 1. The highest BCUT2D eigenvalue weighted by molar-refractivity contribution is 6.07. The van der Waals surface area contributed by atoms with E-state index in [-0.39, 0.29) is 23.3 Å². The lowest BCUT2D eigenvalue weighted by Gasteiger charge is -2.32. The highest BCUT2D eigenvalue weighted by Crippen LogP contribution is 2.38. The van der Waals surface area contributed by atoms with E-state index in [1.54, 1.807) is 6.20 Å². The molecule has 0 radical (unpaired) electrons. The van der Waals surface area contributed by atoms with Crippen LogP contribution in [0, 0.1) is 30.3 Å². The molecule has 1 aromatic carbocycles. The van der Waals surface area contributed by atoms with E-state index in [0.717, 1.165) is 43.0 Å². The molecule has 0 bridgehead atoms. The Kier molecular flexibility index (Phi) is 6.56. The number of carbonyl (C=O) groups is 1. The van der Waals surface area contributed by atoms with E-state index in [1.807, 2.05) is 6.07 Å². The summed E-state index contributed by atoms with van der Waals surface area (Å²) in [5.41, 5.74) is 11.8. The smallest absolute Gasteiger partial charge is 0.276 e. The molecule has 1 fully saturated rings. The van der Waals surface area contributed by atoms with Crippen LogP contribution in [0.25, 0.3) is 11.3 Å². The summed E-state index contributed by atoms with van der Waals surface area (Å²) < 4.78 is 43.6. The van der Waals surface area contributed by atoms with Crippen LogP contribution in [-0.2, 0) is 0 Å². The fraction of sp³-hybridized carbons (Fsp3) is 0.320. The van der Waals surface area contributed by atoms with Gasteiger partial charge >= 0.3 is 0 Å². The second-order valence-corrected chi connectivity index (χ2v) is 9.05. The first-order chi connectivity index (χ1) is 16.1. The van der Waals surface area contributed by atoms with E-state index in [1.165, 1.54) is 13.1 Å². The molecule has 3 atom stereocenters. The molecule has 0 aliphatic heterocycles. The fourth-order valence-corrected chi connectivity index (χ4v) is 4.74. The minimum absolute atomic E-state index is 0.0572. The summed E-state index contributed by atoms with van der Waals surface area (Å²) in [4.78, 5) is 21.1. The van der Waals surface area contributed by atoms with Crippen LogP contribution in [0.1, 0.15) is 53.7 Å². The molecule has 0 spiro atoms. The van der Waals surface area contributed by atoms with Crippen molar-refractivity contribution in [2.45, 2.75) is 45.1 Å². The predicted octanol–water partition coefficient (Wildman–Crippen LogP) is 4.93. The van der Waals surface area contributed by atoms with E-state index in [4.69, 9.17) is 11.5 Å². The topological polar surface area (TPSA) is 107 Å². The lowest BCUT2D eigenvalue weighted by Crippen LogP contribution is -2.31. The van der Waals surface area contributed by atoms with E-state index < -0.39 is 34.6 Å². The Labute approximate surface area is 195 Å². The van der Waals surface area contributed by atoms with Crippen LogP contribution < -0.4 is 16.8 Å². The van der Waals surface area contributed by atoms with Crippen molar-refractivity contribution in [1.82, 2.24) is 9.97 Å². The summed E-state index contributed by atoms with van der Waals surface area (Å²) in [7, 11) is 0. The van der Waals surface area contributed by atoms with Gasteiger partial charge < -0.3 is 16.8 Å². The first-order valence-electron chi connectivity index (χ1n) is 11.1. The maximum atomic E-state index is 14.6. The zero-order valence-electron chi connectivity index (χ0n) is 18.9. The molecule has 5 N–H and O–H groups in total. The Balaban J connectivity index is 1.69. The lowest BCUT2D eigenvalue weighted by atomic mass is 9.76. The summed E-state index contributed by atoms with van der Waals surface area (Å²) in [5, 5.41) is 2.74. The number of nitrogens with zero attached hydrogens (tertiary/aromatic N) is 2. The van der Waals surface area contributed by atoms with Gasteiger partial charge in [0.25, 0.3) is 5.91 Å². The van der Waals surface area contributed by atoms with Crippen molar-refractivity contribution >= 4 is 17.3 Å². The average Bonchev–Trinajstić information content (AvgIpc) is 2.74. The van der Waals surface area contributed by atoms with Crippen LogP contribution in [0.2, 0.25) is 0 Å². The first kappa shape index (κ1) is 23.7. The molecule has 9 heteroatoms. The van der Waals surface area contributed by atoms with Crippen molar-refractivity contribution in [2.75, 3.05) is 11.1 Å². The third-order valence-electron chi connectivity index (χ3n) is 6.17. The molecule has 2 aromatic heterocycles. The van der Waals surface area contributed by atoms with Crippen LogP contribution >= 0.6 is 0 Å². The molecule has 2 heterocycles. The van der Waals surface area contributed by atoms with Crippen LogP contribution in [0.3, 0.4) is 0 Å². The Hall–Kier alpha value is -3.46. The Morgan fingerprint density at radius 1 is 1.09 bits per heavy atom. The zero-order chi connectivity index (χ0) is 24.6. The van der Waals surface area contributed by atoms with Crippen molar-refractivity contribution < 1.29 is 18.0 Å². The molecule has 1 amide bonds. The zero-order valence-corrected chi connectivity index (χ0v) is 18.9. The predicted molar refractivity (Wildman–Crippen MR) is 125 cm³/mol. The van der Waals surface area contributed by atoms with Gasteiger partial charge in [-0.2, -0.15) is 0 Å². The van der Waals surface area contributed by atoms with Crippen molar-refractivity contribution in [3.8, 4) is 11.3 Å². The number of hydrogen-bond acceptors (Lipinski definition) is 5. The number of nitrogen functional groups attached to an aromatic ring is 1. The molecular weight excluding hydrogens is 443 g/mol. The normalized spacial score (nSPS) is 20.2. The van der Waals surface area contributed by atoms with Crippen molar-refractivity contribution in [2.24, 2.45) is 11.7 Å². The van der Waals surface area contributed by atoms with Gasteiger partial charge in [-0.1, -0.05) is 6.92 Å². The molecule has 0 unspecified atom stereocenters. The maximum Gasteiger partial charge on any atom is 0.276 e. The molecule has 3 aromatic rings. The average molecular weight is 470 g/mol. The van der Waals surface area contributed by atoms with Crippen molar-refractivity contribution in [1.29, 1.82) is 0 Å². The van der Waals surface area contributed by atoms with Crippen LogP contribution in [0.15, 0.2) is 36.7 Å². The molecule has 1 aliphatic carbocycles. The molecular formula is C25H26F3N5O. The number of carbonyl (C=O) groups excluding carboxylic acids is 1. The molecule has 34 heavy (non-hydrogen) atoms. The molecule has 178 valence electrons. The Bertz CT molecular complexity index is 1220. The number of anilines is 2. The van der Waals surface area contributed by atoms with Crippen molar-refractivity contribution in [3.63, 3.8) is 0 Å². The van der Waals surface area contributed by atoms with E-state index >= 15 is 0 Å². The largest absolute Gasteiger partial charge is 0.397 e. The third kappa shape index (κ3) is 4.75. The Morgan fingerprint density at radius 2 is 1.79 bits per heavy atom.